The number of fused-ring (bicyclic) bond motifs is 1. The molecule has 1 saturated heterocycles. The van der Waals surface area contributed by atoms with Crippen molar-refractivity contribution in [3.8, 4) is 0 Å². The van der Waals surface area contributed by atoms with E-state index in [9.17, 15) is 14.4 Å². The third-order valence-corrected chi connectivity index (χ3v) is 6.29. The Hall–Kier alpha value is -3.34. The summed E-state index contributed by atoms with van der Waals surface area (Å²) in [5.41, 5.74) is 8.49. The lowest BCUT2D eigenvalue weighted by atomic mass is 10.1. The number of carbonyl (C=O) groups excluding carboxylic acids is 3. The van der Waals surface area contributed by atoms with Crippen molar-refractivity contribution in [3.05, 3.63) is 40.3 Å². The number of nitrogens with two attached hydrogens (primary N) is 1. The first-order chi connectivity index (χ1) is 14.9. The molecule has 0 bridgehead atoms. The molecule has 0 aromatic carbocycles. The van der Waals surface area contributed by atoms with E-state index in [0.717, 1.165) is 23.4 Å². The molecule has 0 radical (unpaired) electrons. The number of likely N-dealkylation sites (tertiary alicyclic amines) is 1. The van der Waals surface area contributed by atoms with Gasteiger partial charge in [-0.3, -0.25) is 14.4 Å². The van der Waals surface area contributed by atoms with Crippen molar-refractivity contribution >= 4 is 39.8 Å². The second-order valence-electron chi connectivity index (χ2n) is 7.49. The number of hydrogen-bond acceptors (Lipinski definition) is 7. The van der Waals surface area contributed by atoms with Crippen molar-refractivity contribution in [2.24, 2.45) is 5.73 Å². The molecule has 0 saturated carbocycles. The highest BCUT2D eigenvalue weighted by Gasteiger charge is 2.34. The van der Waals surface area contributed by atoms with Crippen LogP contribution in [0.1, 0.15) is 46.6 Å². The van der Waals surface area contributed by atoms with Crippen LogP contribution in [0, 0.1) is 13.8 Å². The summed E-state index contributed by atoms with van der Waals surface area (Å²) >= 11 is 1.34. The lowest BCUT2D eigenvalue weighted by Crippen LogP contribution is -2.43. The number of aromatic nitrogens is 4. The molecule has 3 N–H and O–H groups in total. The van der Waals surface area contributed by atoms with Gasteiger partial charge in [-0.25, -0.2) is 14.5 Å². The molecular weight excluding hydrogens is 418 g/mol. The number of rotatable bonds is 6. The third-order valence-electron chi connectivity index (χ3n) is 5.60. The van der Waals surface area contributed by atoms with Crippen LogP contribution in [0.4, 0.5) is 5.13 Å². The number of carbonyl (C=O) groups is 3. The van der Waals surface area contributed by atoms with Crippen LogP contribution in [0.25, 0.3) is 5.65 Å². The summed E-state index contributed by atoms with van der Waals surface area (Å²) < 4.78 is 1.58. The molecule has 1 aliphatic heterocycles. The van der Waals surface area contributed by atoms with Gasteiger partial charge in [-0.1, -0.05) is 0 Å². The first-order valence-corrected chi connectivity index (χ1v) is 10.9. The normalized spacial score (nSPS) is 16.1. The van der Waals surface area contributed by atoms with Gasteiger partial charge in [0.05, 0.1) is 6.20 Å². The van der Waals surface area contributed by atoms with Crippen LogP contribution in [0.2, 0.25) is 0 Å². The first-order valence-electron chi connectivity index (χ1n) is 10.00. The average molecular weight is 442 g/mol. The largest absolute Gasteiger partial charge is 0.365 e. The molecule has 1 atom stereocenters. The molecule has 3 aromatic heterocycles. The average Bonchev–Trinajstić information content (AvgIpc) is 3.47. The van der Waals surface area contributed by atoms with Gasteiger partial charge in [0.25, 0.3) is 5.91 Å². The van der Waals surface area contributed by atoms with Gasteiger partial charge < -0.3 is 16.0 Å². The predicted octanol–water partition coefficient (Wildman–Crippen LogP) is 1.46. The second kappa shape index (κ2) is 8.42. The zero-order valence-electron chi connectivity index (χ0n) is 17.3. The number of anilines is 1. The van der Waals surface area contributed by atoms with Gasteiger partial charge in [0.2, 0.25) is 11.8 Å². The molecule has 1 aliphatic rings. The van der Waals surface area contributed by atoms with Gasteiger partial charge in [-0.2, -0.15) is 5.10 Å². The highest BCUT2D eigenvalue weighted by Crippen LogP contribution is 2.23. The monoisotopic (exact) mass is 441 g/mol. The van der Waals surface area contributed by atoms with Crippen LogP contribution in [0.5, 0.6) is 0 Å². The quantitative estimate of drug-likeness (QED) is 0.594. The van der Waals surface area contributed by atoms with Crippen LogP contribution in [0.3, 0.4) is 0 Å². The summed E-state index contributed by atoms with van der Waals surface area (Å²) in [6.45, 7) is 4.27. The Balaban J connectivity index is 1.47. The van der Waals surface area contributed by atoms with Crippen molar-refractivity contribution in [1.29, 1.82) is 0 Å². The van der Waals surface area contributed by atoms with Gasteiger partial charge in [0.1, 0.15) is 11.6 Å². The summed E-state index contributed by atoms with van der Waals surface area (Å²) in [5.74, 6) is -0.860. The zero-order valence-corrected chi connectivity index (χ0v) is 18.1. The van der Waals surface area contributed by atoms with Gasteiger partial charge in [0, 0.05) is 35.9 Å². The molecular formula is C20H23N7O3S. The number of thiazole rings is 1. The molecule has 0 spiro atoms. The van der Waals surface area contributed by atoms with E-state index in [1.54, 1.807) is 21.0 Å². The minimum absolute atomic E-state index is 0.0750. The number of nitrogens with zero attached hydrogens (tertiary/aromatic N) is 5. The molecule has 31 heavy (non-hydrogen) atoms. The number of amides is 3. The fraction of sp³-hybridized carbons (Fsp3) is 0.400. The molecule has 10 nitrogen and oxygen atoms in total. The Morgan fingerprint density at radius 3 is 2.84 bits per heavy atom. The maximum absolute atomic E-state index is 12.9. The molecule has 3 amide bonds. The van der Waals surface area contributed by atoms with E-state index in [1.807, 2.05) is 13.8 Å². The van der Waals surface area contributed by atoms with Crippen molar-refractivity contribution < 1.29 is 14.4 Å². The van der Waals surface area contributed by atoms with E-state index in [-0.39, 0.29) is 23.8 Å². The second-order valence-corrected chi connectivity index (χ2v) is 8.39. The lowest BCUT2D eigenvalue weighted by Gasteiger charge is -2.24. The van der Waals surface area contributed by atoms with Crippen LogP contribution >= 0.6 is 11.3 Å². The zero-order chi connectivity index (χ0) is 22.1. The van der Waals surface area contributed by atoms with Gasteiger partial charge >= 0.3 is 0 Å². The van der Waals surface area contributed by atoms with E-state index in [0.29, 0.717) is 30.2 Å². The Kier molecular flexibility index (Phi) is 5.68. The predicted molar refractivity (Wildman–Crippen MR) is 115 cm³/mol. The van der Waals surface area contributed by atoms with E-state index >= 15 is 0 Å². The Morgan fingerprint density at radius 2 is 2.13 bits per heavy atom. The molecule has 4 heterocycles. The minimum Gasteiger partial charge on any atom is -0.365 e. The van der Waals surface area contributed by atoms with E-state index in [1.165, 1.54) is 17.5 Å². The van der Waals surface area contributed by atoms with E-state index in [4.69, 9.17) is 5.73 Å². The lowest BCUT2D eigenvalue weighted by molar-refractivity contribution is -0.136. The first kappa shape index (κ1) is 20.9. The van der Waals surface area contributed by atoms with Crippen molar-refractivity contribution in [3.63, 3.8) is 0 Å². The van der Waals surface area contributed by atoms with Gasteiger partial charge in [-0.15, -0.1) is 11.3 Å². The van der Waals surface area contributed by atoms with Crippen LogP contribution in [-0.2, 0) is 16.0 Å². The fourth-order valence-corrected chi connectivity index (χ4v) is 4.57. The molecule has 4 rings (SSSR count). The molecule has 1 fully saturated rings. The van der Waals surface area contributed by atoms with Gasteiger partial charge in [-0.05, 0) is 38.7 Å². The topological polar surface area (TPSA) is 136 Å². The van der Waals surface area contributed by atoms with Crippen LogP contribution in [-0.4, -0.2) is 54.8 Å². The maximum atomic E-state index is 12.9. The number of nitrogens with one attached hydrogen (secondary N) is 1. The summed E-state index contributed by atoms with van der Waals surface area (Å²) in [6, 6.07) is -0.483. The summed E-state index contributed by atoms with van der Waals surface area (Å²) in [4.78, 5) is 47.3. The highest BCUT2D eigenvalue weighted by molar-refractivity contribution is 7.13. The molecule has 3 aromatic rings. The molecule has 1 unspecified atom stereocenters. The molecule has 0 aliphatic carbocycles. The summed E-state index contributed by atoms with van der Waals surface area (Å²) in [5, 5.41) is 9.32. The van der Waals surface area contributed by atoms with Crippen LogP contribution < -0.4 is 11.1 Å². The Bertz CT molecular complexity index is 1160. The van der Waals surface area contributed by atoms with E-state index < -0.39 is 11.9 Å². The third kappa shape index (κ3) is 4.00. The highest BCUT2D eigenvalue weighted by atomic mass is 32.1. The van der Waals surface area contributed by atoms with Crippen LogP contribution in [0.15, 0.2) is 17.8 Å². The Labute approximate surface area is 182 Å². The summed E-state index contributed by atoms with van der Waals surface area (Å²) in [7, 11) is 0. The Morgan fingerprint density at radius 1 is 1.32 bits per heavy atom. The number of hydrogen-bond donors (Lipinski definition) is 2. The van der Waals surface area contributed by atoms with E-state index in [2.05, 4.69) is 20.4 Å². The standard InChI is InChI=1S/C20H23N7O3S/c1-11-13(12(2)27-18(24-11)14(10-23-27)17(21)29)5-6-16(28)26-8-3-4-15(26)19(30)25-20-22-7-9-31-20/h7,9-10,15H,3-6,8H2,1-2H3,(H2,21,29)(H,22,25,30). The SMILES string of the molecule is Cc1nc2c(C(N)=O)cnn2c(C)c1CCC(=O)N1CCCC1C(=O)Nc1nccs1. The van der Waals surface area contributed by atoms with Crippen molar-refractivity contribution in [1.82, 2.24) is 24.5 Å². The van der Waals surface area contributed by atoms with Crippen molar-refractivity contribution in [2.45, 2.75) is 45.6 Å². The molecule has 11 heteroatoms. The maximum Gasteiger partial charge on any atom is 0.254 e. The van der Waals surface area contributed by atoms with Gasteiger partial charge in [0.15, 0.2) is 10.8 Å². The summed E-state index contributed by atoms with van der Waals surface area (Å²) in [6.07, 6.45) is 5.16. The molecule has 162 valence electrons. The van der Waals surface area contributed by atoms with Crippen molar-refractivity contribution in [2.75, 3.05) is 11.9 Å². The number of aryl methyl sites for hydroxylation is 2. The minimum atomic E-state index is -0.583. The smallest absolute Gasteiger partial charge is 0.254 e. The fourth-order valence-electron chi connectivity index (χ4n) is 4.03. The number of primary amides is 1.